The van der Waals surface area contributed by atoms with Crippen molar-refractivity contribution in [2.45, 2.75) is 71.6 Å². The first-order valence-electron chi connectivity index (χ1n) is 13.2. The SMILES string of the molecule is CCCOC(=O)C(C)(C)N[P@@](=O)(CO[C@H](C)Cn1cnc2c(N)ncnc21)N(C)[C@H](C)c1ccc(OC(F)(F)F)cc1. The van der Waals surface area contributed by atoms with Gasteiger partial charge in [-0.25, -0.2) is 24.7 Å². The van der Waals surface area contributed by atoms with E-state index in [0.29, 0.717) is 29.7 Å². The molecule has 3 rings (SSSR count). The largest absolute Gasteiger partial charge is 0.573 e. The number of rotatable bonds is 14. The fourth-order valence-corrected chi connectivity index (χ4v) is 6.61. The molecule has 3 aromatic rings. The molecule has 0 saturated carbocycles. The number of nitrogens with two attached hydrogens (primary N) is 1. The number of ether oxygens (including phenoxy) is 3. The number of hydrogen-bond acceptors (Lipinski definition) is 9. The average molecular weight is 616 g/mol. The van der Waals surface area contributed by atoms with Gasteiger partial charge in [0, 0.05) is 6.04 Å². The number of benzene rings is 1. The highest BCUT2D eigenvalue weighted by Gasteiger charge is 2.42. The molecule has 0 unspecified atom stereocenters. The summed E-state index contributed by atoms with van der Waals surface area (Å²) >= 11 is 0. The van der Waals surface area contributed by atoms with Crippen LogP contribution in [0.1, 0.15) is 52.6 Å². The number of carbonyl (C=O) groups is 1. The predicted molar refractivity (Wildman–Crippen MR) is 151 cm³/mol. The number of imidazole rings is 1. The Morgan fingerprint density at radius 3 is 2.45 bits per heavy atom. The summed E-state index contributed by atoms with van der Waals surface area (Å²) < 4.78 is 71.0. The molecule has 0 aliphatic rings. The van der Waals surface area contributed by atoms with Crippen molar-refractivity contribution in [3.8, 4) is 5.75 Å². The normalized spacial score (nSPS) is 15.4. The fourth-order valence-electron chi connectivity index (χ4n) is 4.09. The van der Waals surface area contributed by atoms with Gasteiger partial charge in [0.15, 0.2) is 11.5 Å². The number of nitrogen functional groups attached to an aromatic ring is 1. The molecule has 0 amide bonds. The van der Waals surface area contributed by atoms with E-state index in [2.05, 4.69) is 24.8 Å². The smallest absolute Gasteiger partial charge is 0.464 e. The topological polar surface area (TPSA) is 147 Å². The summed E-state index contributed by atoms with van der Waals surface area (Å²) in [7, 11) is -2.12. The highest BCUT2D eigenvalue weighted by atomic mass is 31.2. The van der Waals surface area contributed by atoms with Crippen LogP contribution in [0.5, 0.6) is 5.75 Å². The fraction of sp³-hybridized carbons (Fsp3) is 0.538. The number of nitrogens with one attached hydrogen (secondary N) is 1. The molecule has 1 aromatic carbocycles. The van der Waals surface area contributed by atoms with Crippen LogP contribution < -0.4 is 15.6 Å². The lowest BCUT2D eigenvalue weighted by atomic mass is 10.1. The lowest BCUT2D eigenvalue weighted by molar-refractivity contribution is -0.274. The van der Waals surface area contributed by atoms with Crippen LogP contribution in [0.4, 0.5) is 19.0 Å². The molecule has 16 heteroatoms. The van der Waals surface area contributed by atoms with Crippen LogP contribution in [0.3, 0.4) is 0 Å². The average Bonchev–Trinajstić information content (AvgIpc) is 3.32. The highest BCUT2D eigenvalue weighted by molar-refractivity contribution is 7.59. The molecule has 0 fully saturated rings. The Kier molecular flexibility index (Phi) is 10.6. The maximum absolute atomic E-state index is 14.6. The number of anilines is 1. The van der Waals surface area contributed by atoms with Crippen LogP contribution in [0, 0.1) is 0 Å². The van der Waals surface area contributed by atoms with Crippen molar-refractivity contribution in [3.63, 3.8) is 0 Å². The monoisotopic (exact) mass is 615 g/mol. The summed E-state index contributed by atoms with van der Waals surface area (Å²) in [5, 5.41) is 2.97. The number of hydrogen-bond donors (Lipinski definition) is 2. The first-order valence-corrected chi connectivity index (χ1v) is 15.1. The molecule has 2 aromatic heterocycles. The molecule has 0 bridgehead atoms. The molecule has 0 aliphatic heterocycles. The number of nitrogens with zero attached hydrogens (tertiary/aromatic N) is 5. The summed E-state index contributed by atoms with van der Waals surface area (Å²) in [6.07, 6.45) is -2.11. The van der Waals surface area contributed by atoms with E-state index in [1.54, 1.807) is 45.6 Å². The summed E-state index contributed by atoms with van der Waals surface area (Å²) in [5.41, 5.74) is 6.04. The number of esters is 1. The van der Waals surface area contributed by atoms with Gasteiger partial charge in [-0.15, -0.1) is 13.2 Å². The van der Waals surface area contributed by atoms with E-state index in [0.717, 1.165) is 0 Å². The lowest BCUT2D eigenvalue weighted by Crippen LogP contribution is -2.49. The van der Waals surface area contributed by atoms with Crippen molar-refractivity contribution in [3.05, 3.63) is 42.5 Å². The third-order valence-electron chi connectivity index (χ3n) is 6.49. The van der Waals surface area contributed by atoms with Crippen LogP contribution in [0.2, 0.25) is 0 Å². The minimum Gasteiger partial charge on any atom is -0.464 e. The molecule has 42 heavy (non-hydrogen) atoms. The molecule has 12 nitrogen and oxygen atoms in total. The minimum absolute atomic E-state index is 0.202. The standard InChI is InChI=1S/C26H37F3N7O5P/c1-7-12-39-24(37)25(4,5)34-42(38,35(6)18(3)19-8-10-20(11-9-19)41-26(27,28)29)16-40-17(2)13-36-15-33-21-22(30)31-14-32-23(21)36/h8-11,14-15,17-18H,7,12-13,16H2,1-6H3,(H,34,38)(H2,30,31,32)/t17-,18-,42+/m1/s1. The van der Waals surface area contributed by atoms with Gasteiger partial charge >= 0.3 is 12.3 Å². The molecule has 3 atom stereocenters. The van der Waals surface area contributed by atoms with Gasteiger partial charge in [0.25, 0.3) is 0 Å². The Balaban J connectivity index is 1.82. The van der Waals surface area contributed by atoms with E-state index in [-0.39, 0.29) is 24.5 Å². The second kappa shape index (κ2) is 13.4. The van der Waals surface area contributed by atoms with E-state index in [1.807, 2.05) is 6.92 Å². The van der Waals surface area contributed by atoms with Gasteiger partial charge in [-0.05, 0) is 58.9 Å². The van der Waals surface area contributed by atoms with Crippen LogP contribution in [0.15, 0.2) is 36.9 Å². The predicted octanol–water partition coefficient (Wildman–Crippen LogP) is 4.88. The second-order valence-corrected chi connectivity index (χ2v) is 12.9. The number of fused-ring (bicyclic) bond motifs is 1. The molecule has 2 heterocycles. The van der Waals surface area contributed by atoms with Gasteiger partial charge in [0.1, 0.15) is 29.5 Å². The van der Waals surface area contributed by atoms with E-state index in [4.69, 9.17) is 15.2 Å². The van der Waals surface area contributed by atoms with E-state index < -0.39 is 37.5 Å². The van der Waals surface area contributed by atoms with Crippen molar-refractivity contribution in [1.82, 2.24) is 29.3 Å². The Morgan fingerprint density at radius 1 is 1.17 bits per heavy atom. The zero-order valence-corrected chi connectivity index (χ0v) is 25.3. The molecule has 0 aliphatic carbocycles. The third kappa shape index (κ3) is 8.40. The zero-order chi connectivity index (χ0) is 31.3. The zero-order valence-electron chi connectivity index (χ0n) is 24.4. The van der Waals surface area contributed by atoms with Crippen LogP contribution >= 0.6 is 7.44 Å². The van der Waals surface area contributed by atoms with Crippen molar-refractivity contribution in [2.75, 3.05) is 25.7 Å². The quantitative estimate of drug-likeness (QED) is 0.189. The first-order chi connectivity index (χ1) is 19.6. The van der Waals surface area contributed by atoms with Gasteiger partial charge in [-0.1, -0.05) is 19.1 Å². The van der Waals surface area contributed by atoms with E-state index in [9.17, 15) is 22.5 Å². The van der Waals surface area contributed by atoms with Crippen LogP contribution in [-0.4, -0.2) is 68.2 Å². The van der Waals surface area contributed by atoms with Crippen LogP contribution in [0.25, 0.3) is 11.2 Å². The van der Waals surface area contributed by atoms with Crippen molar-refractivity contribution in [1.29, 1.82) is 0 Å². The maximum atomic E-state index is 14.6. The second-order valence-electron chi connectivity index (χ2n) is 10.4. The Bertz CT molecular complexity index is 1400. The number of carbonyl (C=O) groups excluding carboxylic acids is 1. The molecule has 0 saturated heterocycles. The van der Waals surface area contributed by atoms with Gasteiger partial charge in [0.05, 0.1) is 25.6 Å². The molecular weight excluding hydrogens is 578 g/mol. The first kappa shape index (κ1) is 33.2. The van der Waals surface area contributed by atoms with Crippen molar-refractivity contribution < 1.29 is 36.7 Å². The molecule has 232 valence electrons. The van der Waals surface area contributed by atoms with Crippen molar-refractivity contribution in [2.24, 2.45) is 0 Å². The van der Waals surface area contributed by atoms with Crippen molar-refractivity contribution >= 4 is 30.4 Å². The summed E-state index contributed by atoms with van der Waals surface area (Å²) in [4.78, 5) is 25.2. The lowest BCUT2D eigenvalue weighted by Gasteiger charge is -2.38. The Labute approximate surface area is 242 Å². The minimum atomic E-state index is -4.82. The van der Waals surface area contributed by atoms with Crippen LogP contribution in [-0.2, 0) is 25.4 Å². The molecule has 0 spiro atoms. The number of halogens is 3. The number of alkyl halides is 3. The molecule has 0 radical (unpaired) electrons. The number of aromatic nitrogens is 4. The van der Waals surface area contributed by atoms with Gasteiger partial charge in [0.2, 0.25) is 7.44 Å². The summed E-state index contributed by atoms with van der Waals surface area (Å²) in [5.74, 6) is -0.722. The third-order valence-corrected chi connectivity index (χ3v) is 9.26. The van der Waals surface area contributed by atoms with E-state index in [1.165, 1.54) is 35.3 Å². The molecule has 3 N–H and O–H groups in total. The Morgan fingerprint density at radius 2 is 1.83 bits per heavy atom. The highest BCUT2D eigenvalue weighted by Crippen LogP contribution is 2.51. The summed E-state index contributed by atoms with van der Waals surface area (Å²) in [6.45, 7) is 9.00. The summed E-state index contributed by atoms with van der Waals surface area (Å²) in [6, 6.07) is 4.70. The maximum Gasteiger partial charge on any atom is 0.573 e. The van der Waals surface area contributed by atoms with Gasteiger partial charge in [-0.2, -0.15) is 0 Å². The van der Waals surface area contributed by atoms with Gasteiger partial charge in [-0.3, -0.25) is 9.36 Å². The van der Waals surface area contributed by atoms with Gasteiger partial charge < -0.3 is 24.5 Å². The molecular formula is C26H37F3N7O5P. The van der Waals surface area contributed by atoms with E-state index >= 15 is 0 Å². The Hall–Kier alpha value is -3.26.